The van der Waals surface area contributed by atoms with Crippen molar-refractivity contribution in [2.75, 3.05) is 46.4 Å². The molecule has 186 valence electrons. The zero-order chi connectivity index (χ0) is 24.2. The molecule has 4 rings (SSSR count). The van der Waals surface area contributed by atoms with Gasteiger partial charge < -0.3 is 24.0 Å². The lowest BCUT2D eigenvalue weighted by molar-refractivity contribution is -0.174. The SMILES string of the molecule is COC(=O)[C@H](CC(C)C)N1C[C@@H]2O[C@H](C(=O)N3CCN(CCc4ccccc4)CC3)[C@@H](O2)C1=O. The number of benzene rings is 1. The molecule has 9 nitrogen and oxygen atoms in total. The number of carbonyl (C=O) groups is 3. The van der Waals surface area contributed by atoms with Gasteiger partial charge in [-0.15, -0.1) is 0 Å². The number of nitrogens with zero attached hydrogens (tertiary/aromatic N) is 3. The monoisotopic (exact) mass is 473 g/mol. The highest BCUT2D eigenvalue weighted by Crippen LogP contribution is 2.31. The van der Waals surface area contributed by atoms with Crippen LogP contribution < -0.4 is 0 Å². The third kappa shape index (κ3) is 5.42. The van der Waals surface area contributed by atoms with Crippen molar-refractivity contribution in [3.05, 3.63) is 35.9 Å². The average Bonchev–Trinajstić information content (AvgIpc) is 3.22. The van der Waals surface area contributed by atoms with Crippen LogP contribution in [-0.4, -0.2) is 103 Å². The van der Waals surface area contributed by atoms with Crippen LogP contribution in [0, 0.1) is 5.92 Å². The van der Waals surface area contributed by atoms with Gasteiger partial charge in [0, 0.05) is 32.7 Å². The molecule has 0 aromatic heterocycles. The van der Waals surface area contributed by atoms with E-state index in [1.807, 2.05) is 32.0 Å². The van der Waals surface area contributed by atoms with Crippen LogP contribution in [0.25, 0.3) is 0 Å². The van der Waals surface area contributed by atoms with E-state index >= 15 is 0 Å². The van der Waals surface area contributed by atoms with E-state index in [1.165, 1.54) is 17.6 Å². The Kier molecular flexibility index (Phi) is 7.85. The maximum Gasteiger partial charge on any atom is 0.328 e. The first-order valence-electron chi connectivity index (χ1n) is 12.1. The molecule has 1 aromatic carbocycles. The summed E-state index contributed by atoms with van der Waals surface area (Å²) in [6, 6.07) is 9.65. The highest BCUT2D eigenvalue weighted by Gasteiger charge is 2.54. The molecule has 0 unspecified atom stereocenters. The van der Waals surface area contributed by atoms with Crippen molar-refractivity contribution in [2.24, 2.45) is 5.92 Å². The van der Waals surface area contributed by atoms with Crippen molar-refractivity contribution in [1.82, 2.24) is 14.7 Å². The van der Waals surface area contributed by atoms with Crippen molar-refractivity contribution >= 4 is 17.8 Å². The number of fused-ring (bicyclic) bond motifs is 2. The summed E-state index contributed by atoms with van der Waals surface area (Å²) in [4.78, 5) is 44.5. The van der Waals surface area contributed by atoms with Crippen LogP contribution in [0.3, 0.4) is 0 Å². The average molecular weight is 474 g/mol. The Labute approximate surface area is 200 Å². The largest absolute Gasteiger partial charge is 0.467 e. The fraction of sp³-hybridized carbons (Fsp3) is 0.640. The molecule has 34 heavy (non-hydrogen) atoms. The zero-order valence-electron chi connectivity index (χ0n) is 20.2. The van der Waals surface area contributed by atoms with E-state index in [0.717, 1.165) is 26.1 Å². The Bertz CT molecular complexity index is 871. The molecule has 3 fully saturated rings. The minimum atomic E-state index is -1.03. The van der Waals surface area contributed by atoms with Crippen LogP contribution >= 0.6 is 0 Å². The van der Waals surface area contributed by atoms with Crippen LogP contribution in [0.4, 0.5) is 0 Å². The first kappa shape index (κ1) is 24.6. The summed E-state index contributed by atoms with van der Waals surface area (Å²) in [7, 11) is 1.32. The first-order valence-corrected chi connectivity index (χ1v) is 12.1. The number of amides is 2. The Morgan fingerprint density at radius 2 is 1.79 bits per heavy atom. The van der Waals surface area contributed by atoms with Crippen molar-refractivity contribution in [1.29, 1.82) is 0 Å². The van der Waals surface area contributed by atoms with Crippen LogP contribution in [0.1, 0.15) is 25.8 Å². The zero-order valence-corrected chi connectivity index (χ0v) is 20.2. The first-order chi connectivity index (χ1) is 16.4. The summed E-state index contributed by atoms with van der Waals surface area (Å²) < 4.78 is 16.5. The fourth-order valence-corrected chi connectivity index (χ4v) is 4.90. The number of ether oxygens (including phenoxy) is 3. The van der Waals surface area contributed by atoms with Crippen LogP contribution in [0.2, 0.25) is 0 Å². The molecule has 0 radical (unpaired) electrons. The molecule has 3 aliphatic rings. The Morgan fingerprint density at radius 3 is 2.44 bits per heavy atom. The number of hydrogen-bond donors (Lipinski definition) is 0. The Hall–Kier alpha value is -2.49. The number of esters is 1. The van der Waals surface area contributed by atoms with E-state index < -0.39 is 30.5 Å². The highest BCUT2D eigenvalue weighted by molar-refractivity contribution is 5.94. The van der Waals surface area contributed by atoms with E-state index in [4.69, 9.17) is 14.2 Å². The van der Waals surface area contributed by atoms with E-state index in [0.29, 0.717) is 19.5 Å². The van der Waals surface area contributed by atoms with Crippen molar-refractivity contribution in [2.45, 2.75) is 51.2 Å². The van der Waals surface area contributed by atoms with Gasteiger partial charge in [-0.2, -0.15) is 0 Å². The molecular formula is C25H35N3O6. The van der Waals surface area contributed by atoms with Gasteiger partial charge in [0.25, 0.3) is 11.8 Å². The third-order valence-electron chi connectivity index (χ3n) is 6.78. The smallest absolute Gasteiger partial charge is 0.328 e. The van der Waals surface area contributed by atoms with Gasteiger partial charge in [-0.1, -0.05) is 44.2 Å². The maximum absolute atomic E-state index is 13.3. The predicted octanol–water partition coefficient (Wildman–Crippen LogP) is 0.913. The summed E-state index contributed by atoms with van der Waals surface area (Å²) in [5, 5.41) is 0. The van der Waals surface area contributed by atoms with Gasteiger partial charge in [0.05, 0.1) is 13.7 Å². The van der Waals surface area contributed by atoms with E-state index in [2.05, 4.69) is 17.0 Å². The topological polar surface area (TPSA) is 88.6 Å². The van der Waals surface area contributed by atoms with Gasteiger partial charge in [0.15, 0.2) is 18.5 Å². The van der Waals surface area contributed by atoms with E-state index in [-0.39, 0.29) is 24.3 Å². The summed E-state index contributed by atoms with van der Waals surface area (Å²) in [5.41, 5.74) is 1.30. The van der Waals surface area contributed by atoms with Crippen LogP contribution in [0.15, 0.2) is 30.3 Å². The Balaban J connectivity index is 1.33. The van der Waals surface area contributed by atoms with Crippen LogP contribution in [-0.2, 0) is 35.0 Å². The lowest BCUT2D eigenvalue weighted by atomic mass is 10.0. The molecule has 0 N–H and O–H groups in total. The minimum Gasteiger partial charge on any atom is -0.467 e. The minimum absolute atomic E-state index is 0.110. The summed E-state index contributed by atoms with van der Waals surface area (Å²) in [6.45, 7) is 7.74. The normalized spacial score (nSPS) is 26.1. The number of piperazine rings is 1. The van der Waals surface area contributed by atoms with Gasteiger partial charge in [-0.05, 0) is 24.3 Å². The summed E-state index contributed by atoms with van der Waals surface area (Å²) in [6.07, 6.45) is -1.28. The standard InChI is InChI=1S/C25H35N3O6/c1-17(2)15-19(25(31)32-3)28-16-20-33-21(22(34-20)24(28)30)23(29)27-13-11-26(12-14-27)10-9-18-7-5-4-6-8-18/h4-8,17,19-22H,9-16H2,1-3H3/t19-,20+,21-,22+/m0/s1. The second-order valence-corrected chi connectivity index (χ2v) is 9.60. The molecule has 3 aliphatic heterocycles. The molecular weight excluding hydrogens is 438 g/mol. The molecule has 9 heteroatoms. The third-order valence-corrected chi connectivity index (χ3v) is 6.78. The second kappa shape index (κ2) is 10.8. The molecule has 2 bridgehead atoms. The molecule has 2 amide bonds. The number of methoxy groups -OCH3 is 1. The van der Waals surface area contributed by atoms with Gasteiger partial charge in [0.1, 0.15) is 6.04 Å². The number of hydrogen-bond acceptors (Lipinski definition) is 7. The maximum atomic E-state index is 13.3. The Morgan fingerprint density at radius 1 is 1.09 bits per heavy atom. The van der Waals surface area contributed by atoms with Gasteiger partial charge >= 0.3 is 5.97 Å². The van der Waals surface area contributed by atoms with Crippen molar-refractivity contribution < 1.29 is 28.6 Å². The predicted molar refractivity (Wildman–Crippen MR) is 124 cm³/mol. The fourth-order valence-electron chi connectivity index (χ4n) is 4.90. The molecule has 4 atom stereocenters. The van der Waals surface area contributed by atoms with Gasteiger partial charge in [-0.25, -0.2) is 4.79 Å². The van der Waals surface area contributed by atoms with Gasteiger partial charge in [-0.3, -0.25) is 14.5 Å². The molecule has 3 saturated heterocycles. The summed E-state index contributed by atoms with van der Waals surface area (Å²) >= 11 is 0. The molecule has 3 heterocycles. The van der Waals surface area contributed by atoms with Crippen molar-refractivity contribution in [3.8, 4) is 0 Å². The van der Waals surface area contributed by atoms with E-state index in [1.54, 1.807) is 4.90 Å². The summed E-state index contributed by atoms with van der Waals surface area (Å²) in [5.74, 6) is -0.875. The molecule has 0 aliphatic carbocycles. The molecule has 1 aromatic rings. The molecule has 0 saturated carbocycles. The lowest BCUT2D eigenvalue weighted by Gasteiger charge is -2.37. The van der Waals surface area contributed by atoms with Gasteiger partial charge in [0.2, 0.25) is 0 Å². The number of carbonyl (C=O) groups excluding carboxylic acids is 3. The quantitative estimate of drug-likeness (QED) is 0.519. The lowest BCUT2D eigenvalue weighted by Crippen LogP contribution is -2.58. The number of morpholine rings is 1. The second-order valence-electron chi connectivity index (χ2n) is 9.60. The van der Waals surface area contributed by atoms with E-state index in [9.17, 15) is 14.4 Å². The van der Waals surface area contributed by atoms with Crippen LogP contribution in [0.5, 0.6) is 0 Å². The highest BCUT2D eigenvalue weighted by atomic mass is 16.7. The van der Waals surface area contributed by atoms with Crippen molar-refractivity contribution in [3.63, 3.8) is 0 Å². The molecule has 0 spiro atoms. The number of rotatable bonds is 8.